The second-order valence-corrected chi connectivity index (χ2v) is 8.38. The fourth-order valence-corrected chi connectivity index (χ4v) is 4.44. The number of thiophene rings is 1. The fraction of sp³-hybridized carbons (Fsp3) is 0.167. The Labute approximate surface area is 171 Å². The van der Waals surface area contributed by atoms with Crippen molar-refractivity contribution in [3.8, 4) is 5.75 Å². The molecule has 2 aromatic heterocycles. The van der Waals surface area contributed by atoms with Gasteiger partial charge in [-0.2, -0.15) is 0 Å². The van der Waals surface area contributed by atoms with Crippen molar-refractivity contribution < 1.29 is 24.6 Å². The molecule has 150 valence electrons. The zero-order chi connectivity index (χ0) is 21.3. The summed E-state index contributed by atoms with van der Waals surface area (Å²) < 4.78 is 0. The number of fused-ring (bicyclic) bond motifs is 1. The molecule has 0 spiro atoms. The molecule has 0 bridgehead atoms. The average molecular weight is 433 g/mol. The smallest absolute Gasteiger partial charge is 0.346 e. The molecule has 0 aliphatic heterocycles. The van der Waals surface area contributed by atoms with E-state index >= 15 is 0 Å². The number of rotatable bonds is 6. The summed E-state index contributed by atoms with van der Waals surface area (Å²) in [6, 6.07) is 4.05. The van der Waals surface area contributed by atoms with Gasteiger partial charge in [-0.05, 0) is 37.6 Å². The van der Waals surface area contributed by atoms with Gasteiger partial charge >= 0.3 is 5.97 Å². The summed E-state index contributed by atoms with van der Waals surface area (Å²) in [6.07, 6.45) is 0.589. The average Bonchev–Trinajstić information content (AvgIpc) is 3.00. The molecule has 3 aromatic rings. The molecular formula is C18H15N3O6S2. The van der Waals surface area contributed by atoms with Crippen molar-refractivity contribution in [1.29, 1.82) is 0 Å². The van der Waals surface area contributed by atoms with Crippen LogP contribution in [0.5, 0.6) is 5.75 Å². The minimum absolute atomic E-state index is 0.0384. The molecule has 1 unspecified atom stereocenters. The van der Waals surface area contributed by atoms with Gasteiger partial charge < -0.3 is 20.5 Å². The van der Waals surface area contributed by atoms with Crippen molar-refractivity contribution in [2.75, 3.05) is 5.32 Å². The number of carboxylic acids is 1. The minimum Gasteiger partial charge on any atom is -0.506 e. The Morgan fingerprint density at radius 2 is 2.10 bits per heavy atom. The van der Waals surface area contributed by atoms with Crippen molar-refractivity contribution in [1.82, 2.24) is 9.97 Å². The number of benzene rings is 1. The molecule has 4 N–H and O–H groups in total. The predicted octanol–water partition coefficient (Wildman–Crippen LogP) is 2.63. The van der Waals surface area contributed by atoms with Gasteiger partial charge in [-0.1, -0.05) is 11.8 Å². The van der Waals surface area contributed by atoms with E-state index in [9.17, 15) is 29.4 Å². The van der Waals surface area contributed by atoms with Gasteiger partial charge in [0.15, 0.2) is 5.16 Å². The molecule has 0 saturated heterocycles. The topological polar surface area (TPSA) is 149 Å². The third-order valence-electron chi connectivity index (χ3n) is 4.05. The molecule has 11 heteroatoms. The number of nitrogens with one attached hydrogen (secondary N) is 2. The number of phenolic OH excluding ortho intramolecular Hbond substituents is 1. The van der Waals surface area contributed by atoms with Gasteiger partial charge in [-0.3, -0.25) is 14.4 Å². The number of amides is 1. The summed E-state index contributed by atoms with van der Waals surface area (Å²) in [5, 5.41) is 21.2. The maximum atomic E-state index is 12.4. The molecule has 0 radical (unpaired) electrons. The number of H-pyrrole nitrogens is 1. The maximum absolute atomic E-state index is 12.4. The first kappa shape index (κ1) is 20.6. The van der Waals surface area contributed by atoms with Gasteiger partial charge in [0.05, 0.1) is 16.3 Å². The number of nitrogens with zero attached hydrogens (tertiary/aromatic N) is 1. The number of carbonyl (C=O) groups is 3. The van der Waals surface area contributed by atoms with Gasteiger partial charge in [0, 0.05) is 5.56 Å². The van der Waals surface area contributed by atoms with E-state index in [2.05, 4.69) is 15.3 Å². The molecule has 0 fully saturated rings. The normalized spacial score (nSPS) is 11.9. The van der Waals surface area contributed by atoms with Gasteiger partial charge in [0.25, 0.3) is 5.56 Å². The molecule has 1 atom stereocenters. The number of aromatic carboxylic acids is 1. The lowest BCUT2D eigenvalue weighted by atomic mass is 10.2. The van der Waals surface area contributed by atoms with E-state index in [4.69, 9.17) is 0 Å². The molecule has 2 heterocycles. The fourth-order valence-electron chi connectivity index (χ4n) is 2.57. The van der Waals surface area contributed by atoms with Crippen molar-refractivity contribution in [3.05, 3.63) is 44.6 Å². The van der Waals surface area contributed by atoms with Crippen molar-refractivity contribution in [3.63, 3.8) is 0 Å². The van der Waals surface area contributed by atoms with Crippen molar-refractivity contribution >= 4 is 57.2 Å². The molecule has 1 aromatic carbocycles. The van der Waals surface area contributed by atoms with Crippen LogP contribution < -0.4 is 10.9 Å². The first-order valence-corrected chi connectivity index (χ1v) is 9.93. The Kier molecular flexibility index (Phi) is 5.71. The van der Waals surface area contributed by atoms with Gasteiger partial charge in [-0.25, -0.2) is 9.78 Å². The standard InChI is InChI=1S/C18H15N3O6S2/c1-7-12-15(25)20-18(21-16(12)29-13(7)17(26)27)28-8(2)14(24)19-10-5-9(6-22)3-4-11(10)23/h3-6,8,23H,1-2H3,(H,19,24)(H,26,27)(H,20,21,25). The SMILES string of the molecule is Cc1c(C(=O)O)sc2nc(SC(C)C(=O)Nc3cc(C=O)ccc3O)[nH]c(=O)c12. The molecule has 3 rings (SSSR count). The van der Waals surface area contributed by atoms with Crippen LogP contribution in [-0.4, -0.2) is 43.6 Å². The third-order valence-corrected chi connectivity index (χ3v) is 6.20. The highest BCUT2D eigenvalue weighted by atomic mass is 32.2. The van der Waals surface area contributed by atoms with E-state index in [1.54, 1.807) is 13.8 Å². The van der Waals surface area contributed by atoms with E-state index in [0.29, 0.717) is 11.8 Å². The summed E-state index contributed by atoms with van der Waals surface area (Å²) in [6.45, 7) is 3.12. The summed E-state index contributed by atoms with van der Waals surface area (Å²) in [5.74, 6) is -1.81. The first-order chi connectivity index (χ1) is 13.7. The Morgan fingerprint density at radius 3 is 2.76 bits per heavy atom. The quantitative estimate of drug-likeness (QED) is 0.201. The molecule has 29 heavy (non-hydrogen) atoms. The van der Waals surface area contributed by atoms with Crippen LogP contribution in [0, 0.1) is 6.92 Å². The van der Waals surface area contributed by atoms with Crippen molar-refractivity contribution in [2.24, 2.45) is 0 Å². The molecule has 1 amide bonds. The molecule has 0 saturated carbocycles. The Morgan fingerprint density at radius 1 is 1.38 bits per heavy atom. The lowest BCUT2D eigenvalue weighted by Gasteiger charge is -2.12. The highest BCUT2D eigenvalue weighted by molar-refractivity contribution is 8.00. The second-order valence-electron chi connectivity index (χ2n) is 6.06. The Balaban J connectivity index is 1.83. The van der Waals surface area contributed by atoms with E-state index < -0.39 is 22.7 Å². The molecule has 0 aliphatic rings. The number of hydrogen-bond donors (Lipinski definition) is 4. The van der Waals surface area contributed by atoms with Crippen LogP contribution >= 0.6 is 23.1 Å². The first-order valence-electron chi connectivity index (χ1n) is 8.23. The zero-order valence-electron chi connectivity index (χ0n) is 15.2. The van der Waals surface area contributed by atoms with Crippen molar-refractivity contribution in [2.45, 2.75) is 24.3 Å². The largest absolute Gasteiger partial charge is 0.506 e. The van der Waals surface area contributed by atoms with Gasteiger partial charge in [-0.15, -0.1) is 11.3 Å². The van der Waals surface area contributed by atoms with Crippen LogP contribution in [0.25, 0.3) is 10.2 Å². The summed E-state index contributed by atoms with van der Waals surface area (Å²) >= 11 is 1.86. The Hall–Kier alpha value is -3.18. The van der Waals surface area contributed by atoms with E-state index in [1.165, 1.54) is 18.2 Å². The number of carbonyl (C=O) groups excluding carboxylic acids is 2. The highest BCUT2D eigenvalue weighted by Crippen LogP contribution is 2.30. The second kappa shape index (κ2) is 8.05. The lowest BCUT2D eigenvalue weighted by molar-refractivity contribution is -0.115. The number of hydrogen-bond acceptors (Lipinski definition) is 8. The number of aromatic hydroxyl groups is 1. The summed E-state index contributed by atoms with van der Waals surface area (Å²) in [7, 11) is 0. The van der Waals surface area contributed by atoms with Crippen LogP contribution in [-0.2, 0) is 4.79 Å². The van der Waals surface area contributed by atoms with E-state index in [1.807, 2.05) is 0 Å². The van der Waals surface area contributed by atoms with Gasteiger partial charge in [0.1, 0.15) is 21.7 Å². The zero-order valence-corrected chi connectivity index (χ0v) is 16.8. The van der Waals surface area contributed by atoms with Crippen LogP contribution in [0.3, 0.4) is 0 Å². The monoisotopic (exact) mass is 433 g/mol. The van der Waals surface area contributed by atoms with Gasteiger partial charge in [0.2, 0.25) is 5.91 Å². The molecule has 0 aliphatic carbocycles. The number of aldehydes is 1. The number of aromatic nitrogens is 2. The number of thioether (sulfide) groups is 1. The summed E-state index contributed by atoms with van der Waals surface area (Å²) in [5.41, 5.74) is 0.239. The number of phenols is 1. The number of aromatic amines is 1. The number of carboxylic acid groups (broad SMARTS) is 1. The number of anilines is 1. The van der Waals surface area contributed by atoms with Crippen LogP contribution in [0.15, 0.2) is 28.2 Å². The van der Waals surface area contributed by atoms with Crippen LogP contribution in [0.2, 0.25) is 0 Å². The third kappa shape index (κ3) is 4.15. The lowest BCUT2D eigenvalue weighted by Crippen LogP contribution is -2.23. The van der Waals surface area contributed by atoms with Crippen LogP contribution in [0.4, 0.5) is 5.69 Å². The molecule has 9 nitrogen and oxygen atoms in total. The van der Waals surface area contributed by atoms with Crippen LogP contribution in [0.1, 0.15) is 32.5 Å². The minimum atomic E-state index is -1.13. The van der Waals surface area contributed by atoms with E-state index in [0.717, 1.165) is 23.1 Å². The molecular weight excluding hydrogens is 418 g/mol. The Bertz CT molecular complexity index is 1200. The maximum Gasteiger partial charge on any atom is 0.346 e. The van der Waals surface area contributed by atoms with E-state index in [-0.39, 0.29) is 37.3 Å². The number of aryl methyl sites for hydroxylation is 1. The highest BCUT2D eigenvalue weighted by Gasteiger charge is 2.21. The predicted molar refractivity (Wildman–Crippen MR) is 109 cm³/mol. The summed E-state index contributed by atoms with van der Waals surface area (Å²) in [4.78, 5) is 54.1.